The predicted molar refractivity (Wildman–Crippen MR) is 146 cm³/mol. The highest BCUT2D eigenvalue weighted by Gasteiger charge is 2.34. The maximum atomic E-state index is 13.4. The molecule has 0 radical (unpaired) electrons. The van der Waals surface area contributed by atoms with Gasteiger partial charge in [0.05, 0.1) is 12.5 Å². The molecule has 0 aromatic heterocycles. The Labute approximate surface area is 232 Å². The van der Waals surface area contributed by atoms with Gasteiger partial charge in [0.2, 0.25) is 17.7 Å². The summed E-state index contributed by atoms with van der Waals surface area (Å²) in [7, 11) is 0. The Balaban J connectivity index is 2.21. The number of carboxylic acid groups (broad SMARTS) is 2. The van der Waals surface area contributed by atoms with Gasteiger partial charge >= 0.3 is 11.9 Å². The van der Waals surface area contributed by atoms with E-state index in [4.69, 9.17) is 5.73 Å². The summed E-state index contributed by atoms with van der Waals surface area (Å²) < 4.78 is 0. The zero-order valence-corrected chi connectivity index (χ0v) is 22.6. The number of aromatic hydroxyl groups is 1. The minimum atomic E-state index is -1.65. The smallest absolute Gasteiger partial charge is 0.326 e. The molecule has 0 aliphatic rings. The number of carbonyl (C=O) groups excluding carboxylic acids is 3. The predicted octanol–water partition coefficient (Wildman–Crippen LogP) is 1.26. The fourth-order valence-electron chi connectivity index (χ4n) is 4.01. The molecule has 0 saturated heterocycles. The van der Waals surface area contributed by atoms with Crippen LogP contribution >= 0.6 is 0 Å². The number of hydrogen-bond donors (Lipinski definition) is 6. The van der Waals surface area contributed by atoms with Crippen LogP contribution in [0.3, 0.4) is 0 Å². The van der Waals surface area contributed by atoms with Crippen molar-refractivity contribution in [3.8, 4) is 5.75 Å². The Kier molecular flexibility index (Phi) is 11.6. The number of nitrogens with one attached hydrogen (secondary N) is 2. The molecular weight excluding hydrogens is 520 g/mol. The lowest BCUT2D eigenvalue weighted by molar-refractivity contribution is -0.144. The lowest BCUT2D eigenvalue weighted by atomic mass is 10.0. The van der Waals surface area contributed by atoms with Gasteiger partial charge in [-0.2, -0.15) is 0 Å². The number of amides is 3. The Bertz CT molecular complexity index is 1190. The first kappa shape index (κ1) is 31.8. The fraction of sp³-hybridized carbons (Fsp3) is 0.393. The van der Waals surface area contributed by atoms with E-state index in [0.29, 0.717) is 5.56 Å². The molecule has 2 rings (SSSR count). The Hall–Kier alpha value is -4.45. The van der Waals surface area contributed by atoms with Crippen molar-refractivity contribution >= 4 is 35.3 Å². The summed E-state index contributed by atoms with van der Waals surface area (Å²) in [5.41, 5.74) is 6.86. The quantitative estimate of drug-likeness (QED) is 0.198. The number of rotatable bonds is 14. The van der Waals surface area contributed by atoms with Crippen LogP contribution in [0.1, 0.15) is 39.2 Å². The van der Waals surface area contributed by atoms with Gasteiger partial charge in [-0.3, -0.25) is 14.4 Å². The van der Waals surface area contributed by atoms with Gasteiger partial charge < -0.3 is 36.6 Å². The first-order chi connectivity index (χ1) is 18.8. The van der Waals surface area contributed by atoms with E-state index in [1.807, 2.05) is 13.8 Å². The second-order valence-corrected chi connectivity index (χ2v) is 9.88. The summed E-state index contributed by atoms with van der Waals surface area (Å²) in [5.74, 6) is -5.01. The number of benzene rings is 2. The maximum Gasteiger partial charge on any atom is 0.326 e. The second-order valence-electron chi connectivity index (χ2n) is 9.88. The number of nitrogens with two attached hydrogens (primary N) is 1. The number of hydrogen-bond acceptors (Lipinski definition) is 7. The number of nitrogens with zero attached hydrogens (tertiary/aromatic N) is 1. The number of phenols is 1. The van der Waals surface area contributed by atoms with Crippen molar-refractivity contribution in [2.45, 2.75) is 64.2 Å². The average Bonchev–Trinajstić information content (AvgIpc) is 2.89. The van der Waals surface area contributed by atoms with Crippen LogP contribution in [0.2, 0.25) is 0 Å². The summed E-state index contributed by atoms with van der Waals surface area (Å²) in [4.78, 5) is 63.9. The zero-order valence-electron chi connectivity index (χ0n) is 22.6. The highest BCUT2D eigenvalue weighted by molar-refractivity contribution is 6.03. The Morgan fingerprint density at radius 1 is 0.825 bits per heavy atom. The molecule has 2 aromatic carbocycles. The number of phenolic OH excluding ortho intramolecular Hbond substituents is 1. The van der Waals surface area contributed by atoms with Crippen LogP contribution < -0.4 is 21.3 Å². The molecule has 4 atom stereocenters. The molecule has 0 saturated carbocycles. The van der Waals surface area contributed by atoms with Crippen LogP contribution in [0.25, 0.3) is 0 Å². The van der Waals surface area contributed by atoms with E-state index < -0.39 is 60.2 Å². The molecule has 4 unspecified atom stereocenters. The summed E-state index contributed by atoms with van der Waals surface area (Å²) in [6.45, 7) is 5.01. The van der Waals surface area contributed by atoms with Crippen LogP contribution in [0, 0.1) is 5.92 Å². The highest BCUT2D eigenvalue weighted by atomic mass is 16.4. The van der Waals surface area contributed by atoms with Gasteiger partial charge in [-0.25, -0.2) is 9.59 Å². The van der Waals surface area contributed by atoms with Gasteiger partial charge in [0.1, 0.15) is 23.9 Å². The molecule has 0 fully saturated rings. The van der Waals surface area contributed by atoms with E-state index >= 15 is 0 Å². The van der Waals surface area contributed by atoms with Gasteiger partial charge in [0.15, 0.2) is 0 Å². The first-order valence-electron chi connectivity index (χ1n) is 12.8. The van der Waals surface area contributed by atoms with E-state index in [1.54, 1.807) is 42.5 Å². The van der Waals surface area contributed by atoms with Crippen LogP contribution in [-0.2, 0) is 30.4 Å². The lowest BCUT2D eigenvalue weighted by Gasteiger charge is -2.31. The second kappa shape index (κ2) is 14.6. The molecule has 0 heterocycles. The minimum Gasteiger partial charge on any atom is -0.508 e. The van der Waals surface area contributed by atoms with Crippen molar-refractivity contribution in [1.29, 1.82) is 0 Å². The number of anilines is 1. The molecule has 7 N–H and O–H groups in total. The van der Waals surface area contributed by atoms with Crippen LogP contribution in [0.5, 0.6) is 5.75 Å². The zero-order chi connectivity index (χ0) is 30.0. The monoisotopic (exact) mass is 556 g/mol. The fourth-order valence-corrected chi connectivity index (χ4v) is 4.01. The molecule has 216 valence electrons. The maximum absolute atomic E-state index is 13.4. The molecule has 12 nitrogen and oxygen atoms in total. The van der Waals surface area contributed by atoms with Crippen molar-refractivity contribution < 1.29 is 39.3 Å². The van der Waals surface area contributed by atoms with Gasteiger partial charge in [-0.1, -0.05) is 44.2 Å². The number of carboxylic acids is 2. The first-order valence-corrected chi connectivity index (χ1v) is 12.8. The molecule has 0 aliphatic heterocycles. The van der Waals surface area contributed by atoms with E-state index in [1.165, 1.54) is 19.1 Å². The molecule has 0 spiro atoms. The van der Waals surface area contributed by atoms with Gasteiger partial charge in [-0.15, -0.1) is 0 Å². The van der Waals surface area contributed by atoms with E-state index in [0.717, 1.165) is 4.90 Å². The summed E-state index contributed by atoms with van der Waals surface area (Å²) in [6, 6.07) is 8.86. The van der Waals surface area contributed by atoms with Crippen molar-refractivity contribution in [3.05, 3.63) is 60.2 Å². The topological polar surface area (TPSA) is 199 Å². The third-order valence-corrected chi connectivity index (χ3v) is 6.11. The Morgan fingerprint density at radius 3 is 1.90 bits per heavy atom. The van der Waals surface area contributed by atoms with Crippen molar-refractivity contribution in [3.63, 3.8) is 0 Å². The van der Waals surface area contributed by atoms with Crippen LogP contribution in [0.4, 0.5) is 5.69 Å². The Morgan fingerprint density at radius 2 is 1.38 bits per heavy atom. The van der Waals surface area contributed by atoms with E-state index in [2.05, 4.69) is 10.6 Å². The number of aliphatic carboxylic acids is 2. The van der Waals surface area contributed by atoms with Gasteiger partial charge in [-0.05, 0) is 55.5 Å². The third-order valence-electron chi connectivity index (χ3n) is 6.11. The summed E-state index contributed by atoms with van der Waals surface area (Å²) in [5, 5.41) is 33.4. The molecule has 12 heteroatoms. The van der Waals surface area contributed by atoms with Crippen LogP contribution in [-0.4, -0.2) is 69.1 Å². The molecule has 0 aliphatic carbocycles. The largest absolute Gasteiger partial charge is 0.508 e. The molecule has 2 aromatic rings. The molecule has 40 heavy (non-hydrogen) atoms. The van der Waals surface area contributed by atoms with E-state index in [9.17, 15) is 39.3 Å². The number of carbonyl (C=O) groups is 5. The van der Waals surface area contributed by atoms with Crippen LogP contribution in [0.15, 0.2) is 54.6 Å². The summed E-state index contributed by atoms with van der Waals surface area (Å²) in [6.07, 6.45) is -0.473. The SMILES string of the molecule is CC(C)CC(NC(=O)C(C)N(C(=O)CC(NC(=O)C(N)Cc1ccc(O)cc1)C(=O)O)c1ccccc1)C(=O)O. The number of para-hydroxylation sites is 1. The minimum absolute atomic E-state index is 0.0242. The third kappa shape index (κ3) is 9.38. The van der Waals surface area contributed by atoms with Crippen molar-refractivity contribution in [1.82, 2.24) is 10.6 Å². The lowest BCUT2D eigenvalue weighted by Crippen LogP contribution is -2.55. The van der Waals surface area contributed by atoms with E-state index in [-0.39, 0.29) is 30.2 Å². The molecule has 0 bridgehead atoms. The van der Waals surface area contributed by atoms with Crippen molar-refractivity contribution in [2.24, 2.45) is 11.7 Å². The molecular formula is C28H36N4O8. The van der Waals surface area contributed by atoms with Gasteiger partial charge in [0, 0.05) is 5.69 Å². The van der Waals surface area contributed by atoms with Gasteiger partial charge in [0.25, 0.3) is 0 Å². The average molecular weight is 557 g/mol. The normalized spacial score (nSPS) is 13.9. The summed E-state index contributed by atoms with van der Waals surface area (Å²) >= 11 is 0. The highest BCUT2D eigenvalue weighted by Crippen LogP contribution is 2.20. The molecule has 3 amide bonds. The van der Waals surface area contributed by atoms with Crippen molar-refractivity contribution in [2.75, 3.05) is 4.90 Å². The standard InChI is InChI=1S/C28H36N4O8/c1-16(2)13-22(27(37)38)30-25(35)17(3)32(19-7-5-4-6-8-19)24(34)15-23(28(39)40)31-26(36)21(29)14-18-9-11-20(33)12-10-18/h4-12,16-17,21-23,33H,13-15,29H2,1-3H3,(H,30,35)(H,31,36)(H,37,38)(H,39,40).